The number of nitrogens with one attached hydrogen (secondary N) is 2. The molecule has 0 fully saturated rings. The quantitative estimate of drug-likeness (QED) is 0.0456. The van der Waals surface area contributed by atoms with Gasteiger partial charge in [0.1, 0.15) is 17.9 Å². The van der Waals surface area contributed by atoms with E-state index < -0.39 is 0 Å². The summed E-state index contributed by atoms with van der Waals surface area (Å²) >= 11 is 0. The number of amides is 1. The predicted molar refractivity (Wildman–Crippen MR) is 270 cm³/mol. The van der Waals surface area contributed by atoms with Gasteiger partial charge in [-0.15, -0.1) is 0 Å². The summed E-state index contributed by atoms with van der Waals surface area (Å²) in [6, 6.07) is 0. The maximum Gasteiger partial charge on any atom is 0.306 e. The van der Waals surface area contributed by atoms with Gasteiger partial charge in [0, 0.05) is 40.5 Å². The molecule has 2 N–H and O–H groups in total. The molecule has 10 nitrogen and oxygen atoms in total. The molecule has 0 saturated carbocycles. The van der Waals surface area contributed by atoms with E-state index in [9.17, 15) is 14.4 Å². The minimum atomic E-state index is -0.0185. The van der Waals surface area contributed by atoms with E-state index in [0.29, 0.717) is 25.1 Å². The van der Waals surface area contributed by atoms with Crippen LogP contribution in [-0.4, -0.2) is 98.8 Å². The number of unbranched alkanes of at least 4 members (excludes halogenated alkanes) is 23. The Morgan fingerprint density at radius 3 is 1.39 bits per heavy atom. The number of rotatable bonds is 46. The summed E-state index contributed by atoms with van der Waals surface area (Å²) in [5, 5.41) is 10.3. The number of nitrogens with zero attached hydrogens (tertiary/aromatic N) is 3. The molecule has 0 bridgehead atoms. The van der Waals surface area contributed by atoms with Crippen molar-refractivity contribution in [3.05, 3.63) is 11.4 Å². The molecule has 0 spiro atoms. The van der Waals surface area contributed by atoms with E-state index in [1.807, 2.05) is 26.2 Å². The third kappa shape index (κ3) is 31.6. The lowest BCUT2D eigenvalue weighted by atomic mass is 10.0. The van der Waals surface area contributed by atoms with E-state index in [1.165, 1.54) is 122 Å². The summed E-state index contributed by atoms with van der Waals surface area (Å²) in [5.41, 5.74) is 1.61. The number of ether oxygens (including phenoxy) is 2. The maximum absolute atomic E-state index is 13.0. The zero-order chi connectivity index (χ0) is 46.9. The predicted octanol–water partition coefficient (Wildman–Crippen LogP) is 13.2. The lowest BCUT2D eigenvalue weighted by Crippen LogP contribution is -2.51. The highest BCUT2D eigenvalue weighted by atomic mass is 16.5. The van der Waals surface area contributed by atoms with Crippen molar-refractivity contribution < 1.29 is 23.9 Å². The Labute approximate surface area is 395 Å². The lowest BCUT2D eigenvalue weighted by molar-refractivity contribution is -0.150. The molecule has 376 valence electrons. The van der Waals surface area contributed by atoms with Gasteiger partial charge in [-0.25, -0.2) is 5.01 Å². The standard InChI is InChI=1S/C54H105N5O5/c1-8-12-15-18-23-30-38-48(11-4)63-51(60)41-33-26-21-28-35-44-59(46-37-43-56-53-50(55-5)47-57(6)58(7)54(53)62)45-36-29-22-27-34-42-52(61)64-49(39-31-24-19-16-13-9-2)40-32-25-20-17-14-10-3/h48-49,55-56H,8-47H2,1-7H3. The van der Waals surface area contributed by atoms with E-state index in [-0.39, 0.29) is 30.1 Å². The fourth-order valence-corrected chi connectivity index (χ4v) is 8.92. The number of esters is 2. The number of hydrazine groups is 1. The molecule has 0 radical (unpaired) electrons. The van der Waals surface area contributed by atoms with Crippen LogP contribution in [0.2, 0.25) is 0 Å². The van der Waals surface area contributed by atoms with Crippen LogP contribution in [0.15, 0.2) is 11.4 Å². The highest BCUT2D eigenvalue weighted by Gasteiger charge is 2.27. The van der Waals surface area contributed by atoms with Crippen molar-refractivity contribution in [3.63, 3.8) is 0 Å². The van der Waals surface area contributed by atoms with Crippen LogP contribution in [-0.2, 0) is 23.9 Å². The summed E-state index contributed by atoms with van der Waals surface area (Å²) in [6.07, 6.45) is 40.0. The molecule has 1 rings (SSSR count). The largest absolute Gasteiger partial charge is 0.462 e. The molecule has 1 aliphatic rings. The van der Waals surface area contributed by atoms with Crippen molar-refractivity contribution >= 4 is 17.8 Å². The second kappa shape index (κ2) is 42.1. The molecule has 10 heteroatoms. The molecular weight excluding hydrogens is 799 g/mol. The first-order chi connectivity index (χ1) is 31.2. The zero-order valence-electron chi connectivity index (χ0n) is 43.3. The Morgan fingerprint density at radius 2 is 0.938 bits per heavy atom. The smallest absolute Gasteiger partial charge is 0.306 e. The third-order valence-corrected chi connectivity index (χ3v) is 13.4. The molecule has 64 heavy (non-hydrogen) atoms. The molecule has 0 aromatic rings. The number of carbonyl (C=O) groups is 3. The van der Waals surface area contributed by atoms with Gasteiger partial charge in [-0.3, -0.25) is 19.4 Å². The van der Waals surface area contributed by atoms with Gasteiger partial charge in [-0.2, -0.15) is 0 Å². The summed E-state index contributed by atoms with van der Waals surface area (Å²) < 4.78 is 11.9. The first kappa shape index (κ1) is 59.7. The monoisotopic (exact) mass is 904 g/mol. The van der Waals surface area contributed by atoms with Crippen LogP contribution in [0.5, 0.6) is 0 Å². The number of hydrogen-bond acceptors (Lipinski definition) is 9. The first-order valence-corrected chi connectivity index (χ1v) is 27.5. The minimum absolute atomic E-state index is 0.00372. The summed E-state index contributed by atoms with van der Waals surface area (Å²) in [7, 11) is 5.63. The number of carbonyl (C=O) groups excluding carboxylic acids is 3. The molecule has 0 aliphatic carbocycles. The van der Waals surface area contributed by atoms with Crippen LogP contribution in [0.3, 0.4) is 0 Å². The van der Waals surface area contributed by atoms with Gasteiger partial charge in [-0.1, -0.05) is 163 Å². The van der Waals surface area contributed by atoms with Crippen LogP contribution in [0.25, 0.3) is 0 Å². The van der Waals surface area contributed by atoms with Gasteiger partial charge < -0.3 is 25.0 Å². The van der Waals surface area contributed by atoms with E-state index >= 15 is 0 Å². The lowest BCUT2D eigenvalue weighted by Gasteiger charge is -2.35. The van der Waals surface area contributed by atoms with Crippen molar-refractivity contribution in [2.75, 3.05) is 53.9 Å². The highest BCUT2D eigenvalue weighted by molar-refractivity contribution is 5.93. The SMILES string of the molecule is CCCCCCCCC(CC)OC(=O)CCCCCCCN(CCCCCCCC(=O)OC(CCCCCCCC)CCCCCCCC)CCCNC1=C(NC)CN(C)N(C)C1=O. The van der Waals surface area contributed by atoms with Gasteiger partial charge in [0.25, 0.3) is 5.91 Å². The van der Waals surface area contributed by atoms with E-state index in [2.05, 4.69) is 43.2 Å². The Balaban J connectivity index is 2.50. The van der Waals surface area contributed by atoms with Gasteiger partial charge in [0.15, 0.2) is 0 Å². The van der Waals surface area contributed by atoms with Gasteiger partial charge in [-0.05, 0) is 96.7 Å². The maximum atomic E-state index is 13.0. The topological polar surface area (TPSA) is 103 Å². The molecule has 1 atom stereocenters. The third-order valence-electron chi connectivity index (χ3n) is 13.4. The van der Waals surface area contributed by atoms with Crippen LogP contribution in [0.4, 0.5) is 0 Å². The summed E-state index contributed by atoms with van der Waals surface area (Å²) in [6.45, 7) is 13.5. The van der Waals surface area contributed by atoms with Gasteiger partial charge >= 0.3 is 11.9 Å². The second-order valence-electron chi connectivity index (χ2n) is 19.2. The van der Waals surface area contributed by atoms with Gasteiger partial charge in [0.2, 0.25) is 0 Å². The summed E-state index contributed by atoms with van der Waals surface area (Å²) in [4.78, 5) is 41.1. The normalized spacial score (nSPS) is 14.0. The molecule has 1 heterocycles. The zero-order valence-corrected chi connectivity index (χ0v) is 43.3. The molecule has 0 aromatic carbocycles. The van der Waals surface area contributed by atoms with Crippen LogP contribution in [0.1, 0.15) is 252 Å². The molecule has 0 saturated heterocycles. The van der Waals surface area contributed by atoms with Crippen molar-refractivity contribution in [1.82, 2.24) is 25.6 Å². The fraction of sp³-hybridized carbons (Fsp3) is 0.907. The number of likely N-dealkylation sites (N-methyl/N-ethyl adjacent to an activating group) is 3. The van der Waals surface area contributed by atoms with Gasteiger partial charge in [0.05, 0.1) is 12.2 Å². The second-order valence-corrected chi connectivity index (χ2v) is 19.2. The van der Waals surface area contributed by atoms with E-state index in [1.54, 1.807) is 5.01 Å². The van der Waals surface area contributed by atoms with Crippen LogP contribution in [0, 0.1) is 0 Å². The molecule has 1 aliphatic heterocycles. The van der Waals surface area contributed by atoms with Crippen molar-refractivity contribution in [2.24, 2.45) is 0 Å². The fourth-order valence-electron chi connectivity index (χ4n) is 8.92. The summed E-state index contributed by atoms with van der Waals surface area (Å²) in [5.74, 6) is -0.0113. The molecular formula is C54H105N5O5. The van der Waals surface area contributed by atoms with Crippen molar-refractivity contribution in [2.45, 2.75) is 265 Å². The Kier molecular flexibility index (Phi) is 39.2. The Bertz CT molecular complexity index is 1150. The average Bonchev–Trinajstić information content (AvgIpc) is 3.29. The highest BCUT2D eigenvalue weighted by Crippen LogP contribution is 2.20. The Morgan fingerprint density at radius 1 is 0.547 bits per heavy atom. The minimum Gasteiger partial charge on any atom is -0.462 e. The molecule has 0 aromatic heterocycles. The van der Waals surface area contributed by atoms with Crippen molar-refractivity contribution in [3.8, 4) is 0 Å². The molecule has 1 amide bonds. The van der Waals surface area contributed by atoms with E-state index in [4.69, 9.17) is 9.47 Å². The average molecular weight is 904 g/mol. The van der Waals surface area contributed by atoms with Crippen LogP contribution < -0.4 is 10.6 Å². The number of hydrogen-bond donors (Lipinski definition) is 2. The first-order valence-electron chi connectivity index (χ1n) is 27.5. The Hall–Kier alpha value is -2.33. The van der Waals surface area contributed by atoms with Crippen molar-refractivity contribution in [1.29, 1.82) is 0 Å². The van der Waals surface area contributed by atoms with E-state index in [0.717, 1.165) is 122 Å². The molecule has 1 unspecified atom stereocenters. The van der Waals surface area contributed by atoms with Crippen LogP contribution >= 0.6 is 0 Å².